The number of rotatable bonds is 8. The first-order valence-electron chi connectivity index (χ1n) is 12.6. The van der Waals surface area contributed by atoms with Crippen LogP contribution in [0.1, 0.15) is 50.7 Å². The Bertz CT molecular complexity index is 1110. The molecule has 184 valence electrons. The van der Waals surface area contributed by atoms with E-state index in [9.17, 15) is 4.79 Å². The lowest BCUT2D eigenvalue weighted by Crippen LogP contribution is -2.49. The molecule has 4 heteroatoms. The Morgan fingerprint density at radius 3 is 2.40 bits per heavy atom. The number of carbonyl (C=O) groups excluding carboxylic acids is 1. The van der Waals surface area contributed by atoms with Crippen molar-refractivity contribution in [3.63, 3.8) is 0 Å². The number of ether oxygens (including phenoxy) is 1. The Balaban J connectivity index is 1.60. The molecule has 0 saturated heterocycles. The number of carbonyl (C=O) groups is 1. The van der Waals surface area contributed by atoms with Crippen LogP contribution in [0.4, 0.5) is 0 Å². The summed E-state index contributed by atoms with van der Waals surface area (Å²) < 4.78 is 5.34. The Hall–Kier alpha value is -2.78. The average molecular weight is 490 g/mol. The molecule has 4 rings (SSSR count). The van der Waals surface area contributed by atoms with Crippen LogP contribution >= 0.6 is 11.6 Å². The van der Waals surface area contributed by atoms with E-state index >= 15 is 0 Å². The minimum Gasteiger partial charge on any atom is -0.497 e. The molecule has 2 aliphatic rings. The molecule has 2 aromatic carbocycles. The van der Waals surface area contributed by atoms with Crippen LogP contribution in [0.5, 0.6) is 5.75 Å². The third kappa shape index (κ3) is 5.56. The van der Waals surface area contributed by atoms with Crippen molar-refractivity contribution in [2.45, 2.75) is 57.4 Å². The summed E-state index contributed by atoms with van der Waals surface area (Å²) in [5.74, 6) is 1.39. The van der Waals surface area contributed by atoms with Crippen LogP contribution in [0, 0.1) is 11.8 Å². The maximum atomic E-state index is 13.9. The first-order chi connectivity index (χ1) is 16.8. The highest BCUT2D eigenvalue weighted by atomic mass is 35.5. The number of hydrogen-bond donors (Lipinski definition) is 1. The van der Waals surface area contributed by atoms with E-state index in [-0.39, 0.29) is 17.9 Å². The molecule has 0 bridgehead atoms. The topological polar surface area (TPSA) is 38.3 Å². The van der Waals surface area contributed by atoms with Gasteiger partial charge < -0.3 is 10.1 Å². The van der Waals surface area contributed by atoms with E-state index in [1.54, 1.807) is 7.11 Å². The van der Waals surface area contributed by atoms with Gasteiger partial charge >= 0.3 is 0 Å². The van der Waals surface area contributed by atoms with Crippen molar-refractivity contribution in [2.75, 3.05) is 7.11 Å². The molecule has 3 atom stereocenters. The van der Waals surface area contributed by atoms with E-state index in [1.165, 1.54) is 11.1 Å². The van der Waals surface area contributed by atoms with Crippen LogP contribution in [0.25, 0.3) is 0 Å². The molecule has 35 heavy (non-hydrogen) atoms. The molecule has 0 aromatic heterocycles. The first-order valence-corrected chi connectivity index (χ1v) is 13.0. The van der Waals surface area contributed by atoms with E-state index in [1.807, 2.05) is 24.3 Å². The highest BCUT2D eigenvalue weighted by molar-refractivity contribution is 6.30. The van der Waals surface area contributed by atoms with Gasteiger partial charge in [-0.3, -0.25) is 4.79 Å². The van der Waals surface area contributed by atoms with Crippen LogP contribution in [0.15, 0.2) is 84.5 Å². The molecule has 0 radical (unpaired) electrons. The van der Waals surface area contributed by atoms with Crippen molar-refractivity contribution < 1.29 is 9.53 Å². The number of methoxy groups -OCH3 is 1. The molecule has 2 aromatic rings. The minimum absolute atomic E-state index is 0.0500. The molecule has 1 saturated carbocycles. The SMILES string of the molecule is C=C1C=C(C(Cc2ccc(Cl)cc2)C(C)NC(=O)C2(c3ccc(OC)cc3)CCCC2)C=CC1C. The van der Waals surface area contributed by atoms with Crippen molar-refractivity contribution in [1.82, 2.24) is 5.32 Å². The van der Waals surface area contributed by atoms with E-state index in [0.717, 1.165) is 54.0 Å². The normalized spacial score (nSPS) is 20.7. The molecular formula is C31H36ClNO2. The lowest BCUT2D eigenvalue weighted by Gasteiger charge is -2.34. The molecule has 0 spiro atoms. The standard InChI is InChI=1S/C31H36ClNO2/c1-21-7-10-25(19-22(21)2)29(20-24-8-13-27(32)14-9-24)23(3)33-30(34)31(17-5-6-18-31)26-11-15-28(35-4)16-12-26/h7-16,19,21,23,29H,2,5-6,17-18,20H2,1,3-4H3,(H,33,34). The third-order valence-electron chi connectivity index (χ3n) is 7.81. The molecular weight excluding hydrogens is 454 g/mol. The molecule has 3 unspecified atom stereocenters. The van der Waals surface area contributed by atoms with Gasteiger partial charge in [-0.2, -0.15) is 0 Å². The zero-order valence-electron chi connectivity index (χ0n) is 21.0. The lowest BCUT2D eigenvalue weighted by atomic mass is 9.76. The molecule has 0 aliphatic heterocycles. The Labute approximate surface area is 214 Å². The van der Waals surface area contributed by atoms with Crippen molar-refractivity contribution in [1.29, 1.82) is 0 Å². The van der Waals surface area contributed by atoms with Crippen molar-refractivity contribution in [3.05, 3.63) is 101 Å². The van der Waals surface area contributed by atoms with Gasteiger partial charge in [0.15, 0.2) is 0 Å². The fourth-order valence-electron chi connectivity index (χ4n) is 5.44. The maximum Gasteiger partial charge on any atom is 0.230 e. The van der Waals surface area contributed by atoms with Gasteiger partial charge in [0, 0.05) is 17.0 Å². The largest absolute Gasteiger partial charge is 0.497 e. The first kappa shape index (κ1) is 25.3. The average Bonchev–Trinajstić information content (AvgIpc) is 3.37. The molecule has 1 N–H and O–H groups in total. The fraction of sp³-hybridized carbons (Fsp3) is 0.387. The van der Waals surface area contributed by atoms with Crippen molar-refractivity contribution in [3.8, 4) is 5.75 Å². The molecule has 1 amide bonds. The summed E-state index contributed by atoms with van der Waals surface area (Å²) in [6, 6.07) is 16.0. The summed E-state index contributed by atoms with van der Waals surface area (Å²) in [5, 5.41) is 4.17. The maximum absolute atomic E-state index is 13.9. The smallest absolute Gasteiger partial charge is 0.230 e. The number of allylic oxidation sites excluding steroid dienone is 4. The second kappa shape index (κ2) is 10.9. The van der Waals surface area contributed by atoms with Gasteiger partial charge in [-0.15, -0.1) is 0 Å². The van der Waals surface area contributed by atoms with Gasteiger partial charge in [-0.25, -0.2) is 0 Å². The summed E-state index contributed by atoms with van der Waals surface area (Å²) in [7, 11) is 1.67. The number of halogens is 1. The van der Waals surface area contributed by atoms with Crippen LogP contribution < -0.4 is 10.1 Å². The Kier molecular flexibility index (Phi) is 7.86. The predicted molar refractivity (Wildman–Crippen MR) is 145 cm³/mol. The van der Waals surface area contributed by atoms with Gasteiger partial charge in [-0.05, 0) is 78.6 Å². The van der Waals surface area contributed by atoms with E-state index < -0.39 is 5.41 Å². The van der Waals surface area contributed by atoms with Crippen LogP contribution in [0.2, 0.25) is 5.02 Å². The van der Waals surface area contributed by atoms with E-state index in [0.29, 0.717) is 5.92 Å². The number of amides is 1. The summed E-state index contributed by atoms with van der Waals surface area (Å²) in [6.45, 7) is 8.54. The summed E-state index contributed by atoms with van der Waals surface area (Å²) >= 11 is 6.13. The molecule has 1 fully saturated rings. The van der Waals surface area contributed by atoms with E-state index in [4.69, 9.17) is 16.3 Å². The molecule has 0 heterocycles. The molecule has 3 nitrogen and oxygen atoms in total. The highest BCUT2D eigenvalue weighted by Gasteiger charge is 2.43. The second-order valence-electron chi connectivity index (χ2n) is 10.1. The monoisotopic (exact) mass is 489 g/mol. The molecule has 2 aliphatic carbocycles. The summed E-state index contributed by atoms with van der Waals surface area (Å²) in [5.41, 5.74) is 4.10. The van der Waals surface area contributed by atoms with E-state index in [2.05, 4.69) is 68.2 Å². The van der Waals surface area contributed by atoms with Crippen LogP contribution in [-0.2, 0) is 16.6 Å². The Morgan fingerprint density at radius 1 is 1.14 bits per heavy atom. The van der Waals surface area contributed by atoms with Crippen molar-refractivity contribution in [2.24, 2.45) is 11.8 Å². The highest BCUT2D eigenvalue weighted by Crippen LogP contribution is 2.42. The van der Waals surface area contributed by atoms with Gasteiger partial charge in [0.1, 0.15) is 5.75 Å². The van der Waals surface area contributed by atoms with Gasteiger partial charge in [0.2, 0.25) is 5.91 Å². The number of hydrogen-bond acceptors (Lipinski definition) is 2. The third-order valence-corrected chi connectivity index (χ3v) is 8.06. The Morgan fingerprint density at radius 2 is 1.80 bits per heavy atom. The minimum atomic E-state index is -0.486. The van der Waals surface area contributed by atoms with Gasteiger partial charge in [0.25, 0.3) is 0 Å². The number of nitrogens with one attached hydrogen (secondary N) is 1. The lowest BCUT2D eigenvalue weighted by molar-refractivity contribution is -0.127. The summed E-state index contributed by atoms with van der Waals surface area (Å²) in [6.07, 6.45) is 11.3. The van der Waals surface area contributed by atoms with Crippen LogP contribution in [0.3, 0.4) is 0 Å². The summed E-state index contributed by atoms with van der Waals surface area (Å²) in [4.78, 5) is 13.9. The predicted octanol–water partition coefficient (Wildman–Crippen LogP) is 7.21. The zero-order valence-corrected chi connectivity index (χ0v) is 21.8. The van der Waals surface area contributed by atoms with Crippen LogP contribution in [-0.4, -0.2) is 19.1 Å². The second-order valence-corrected chi connectivity index (χ2v) is 10.5. The fourth-order valence-corrected chi connectivity index (χ4v) is 5.57. The quantitative estimate of drug-likeness (QED) is 0.425. The van der Waals surface area contributed by atoms with Gasteiger partial charge in [0.05, 0.1) is 12.5 Å². The zero-order chi connectivity index (χ0) is 25.0. The van der Waals surface area contributed by atoms with Gasteiger partial charge in [-0.1, -0.05) is 80.4 Å². The number of benzene rings is 2. The van der Waals surface area contributed by atoms with Crippen molar-refractivity contribution >= 4 is 17.5 Å².